The predicted molar refractivity (Wildman–Crippen MR) is 136 cm³/mol. The number of allylic oxidation sites excluding steroid dienone is 1. The van der Waals surface area contributed by atoms with Crippen LogP contribution in [-0.4, -0.2) is 19.5 Å². The molecule has 3 atom stereocenters. The zero-order valence-corrected chi connectivity index (χ0v) is 19.6. The molecule has 0 aromatic heterocycles. The Balaban J connectivity index is 1.58. The van der Waals surface area contributed by atoms with E-state index >= 15 is 0 Å². The minimum atomic E-state index is -0.334. The number of Topliss-reactive ketones (excluding diaryl/α,β-unsaturated/α-hetero) is 1. The molecule has 3 aromatic carbocycles. The zero-order chi connectivity index (χ0) is 23.5. The first kappa shape index (κ1) is 22.1. The van der Waals surface area contributed by atoms with Crippen molar-refractivity contribution < 1.29 is 14.3 Å². The molecule has 2 N–H and O–H groups in total. The van der Waals surface area contributed by atoms with Gasteiger partial charge in [-0.05, 0) is 41.8 Å². The van der Waals surface area contributed by atoms with E-state index in [-0.39, 0.29) is 23.7 Å². The second kappa shape index (κ2) is 9.64. The number of hydrogen-bond acceptors (Lipinski definition) is 5. The lowest BCUT2D eigenvalue weighted by Gasteiger charge is -2.32. The Morgan fingerprint density at radius 2 is 1.68 bits per heavy atom. The topological polar surface area (TPSA) is 59.6 Å². The van der Waals surface area contributed by atoms with E-state index in [2.05, 4.69) is 35.8 Å². The molecule has 1 aliphatic carbocycles. The van der Waals surface area contributed by atoms with Crippen molar-refractivity contribution in [3.05, 3.63) is 95.7 Å². The van der Waals surface area contributed by atoms with E-state index in [1.807, 2.05) is 60.7 Å². The smallest absolute Gasteiger partial charge is 0.161 e. The number of methoxy groups -OCH3 is 1. The van der Waals surface area contributed by atoms with Crippen molar-refractivity contribution >= 4 is 17.2 Å². The monoisotopic (exact) mass is 454 g/mol. The molecule has 0 saturated heterocycles. The number of para-hydroxylation sites is 2. The summed E-state index contributed by atoms with van der Waals surface area (Å²) in [6, 6.07) is 24.1. The van der Waals surface area contributed by atoms with Gasteiger partial charge in [0.2, 0.25) is 0 Å². The molecule has 0 bridgehead atoms. The molecule has 0 fully saturated rings. The number of nitrogens with one attached hydrogen (secondary N) is 2. The van der Waals surface area contributed by atoms with Gasteiger partial charge in [0.1, 0.15) is 5.78 Å². The summed E-state index contributed by atoms with van der Waals surface area (Å²) in [4.78, 5) is 13.7. The van der Waals surface area contributed by atoms with E-state index in [1.165, 1.54) is 0 Å². The second-order valence-corrected chi connectivity index (χ2v) is 8.84. The fourth-order valence-electron chi connectivity index (χ4n) is 4.90. The summed E-state index contributed by atoms with van der Waals surface area (Å²) in [7, 11) is 1.65. The van der Waals surface area contributed by atoms with Gasteiger partial charge in [0, 0.05) is 18.0 Å². The number of benzene rings is 3. The quantitative estimate of drug-likeness (QED) is 0.456. The van der Waals surface area contributed by atoms with Gasteiger partial charge in [-0.2, -0.15) is 0 Å². The van der Waals surface area contributed by atoms with Gasteiger partial charge in [-0.1, -0.05) is 61.5 Å². The molecule has 5 heteroatoms. The number of fused-ring (bicyclic) bond motifs is 2. The molecule has 1 heterocycles. The number of rotatable bonds is 6. The highest BCUT2D eigenvalue weighted by atomic mass is 16.5. The SMILES string of the molecule is CCCOc1ccc([C@@H]2Nc3ccccc3NC3=C[C@@H](c4ccccc4)CC(=O)[C@@H]32)cc1OC. The van der Waals surface area contributed by atoms with E-state index in [1.54, 1.807) is 7.11 Å². The molecule has 34 heavy (non-hydrogen) atoms. The third kappa shape index (κ3) is 4.26. The molecule has 2 aliphatic rings. The number of ether oxygens (including phenoxy) is 2. The van der Waals surface area contributed by atoms with E-state index < -0.39 is 0 Å². The largest absolute Gasteiger partial charge is 0.493 e. The number of anilines is 2. The van der Waals surface area contributed by atoms with Crippen LogP contribution in [0.3, 0.4) is 0 Å². The average molecular weight is 455 g/mol. The van der Waals surface area contributed by atoms with Gasteiger partial charge in [0.05, 0.1) is 37.1 Å². The lowest BCUT2D eigenvalue weighted by Crippen LogP contribution is -2.33. The van der Waals surface area contributed by atoms with Crippen molar-refractivity contribution in [2.75, 3.05) is 24.4 Å². The summed E-state index contributed by atoms with van der Waals surface area (Å²) in [5.41, 5.74) is 5.03. The van der Waals surface area contributed by atoms with E-state index in [0.717, 1.165) is 40.4 Å². The van der Waals surface area contributed by atoms with Crippen LogP contribution in [0.4, 0.5) is 11.4 Å². The number of ketones is 1. The van der Waals surface area contributed by atoms with Crippen LogP contribution in [0.25, 0.3) is 0 Å². The molecule has 3 aromatic rings. The summed E-state index contributed by atoms with van der Waals surface area (Å²) >= 11 is 0. The van der Waals surface area contributed by atoms with Crippen molar-refractivity contribution in [1.29, 1.82) is 0 Å². The van der Waals surface area contributed by atoms with Crippen molar-refractivity contribution in [3.8, 4) is 11.5 Å². The van der Waals surface area contributed by atoms with Gasteiger partial charge in [-0.25, -0.2) is 0 Å². The maximum atomic E-state index is 13.7. The van der Waals surface area contributed by atoms with Gasteiger partial charge >= 0.3 is 0 Å². The standard InChI is InChI=1S/C29H30N2O3/c1-3-15-34-26-14-13-20(18-27(26)33-2)29-28-24(30-22-11-7-8-12-23(22)31-29)16-21(17-25(28)32)19-9-5-4-6-10-19/h4-14,16,18,21,28-31H,3,15,17H2,1-2H3/t21-,28-,29+/m1/s1. The Labute approximate surface area is 200 Å². The maximum Gasteiger partial charge on any atom is 0.161 e. The molecular formula is C29H30N2O3. The van der Waals surface area contributed by atoms with Crippen LogP contribution in [0, 0.1) is 5.92 Å². The summed E-state index contributed by atoms with van der Waals surface area (Å²) in [5.74, 6) is 1.33. The molecule has 5 rings (SSSR count). The molecule has 0 spiro atoms. The highest BCUT2D eigenvalue weighted by Crippen LogP contribution is 2.45. The second-order valence-electron chi connectivity index (χ2n) is 8.84. The van der Waals surface area contributed by atoms with Crippen molar-refractivity contribution in [3.63, 3.8) is 0 Å². The fourth-order valence-corrected chi connectivity index (χ4v) is 4.90. The first-order valence-corrected chi connectivity index (χ1v) is 11.9. The van der Waals surface area contributed by atoms with Crippen molar-refractivity contribution in [2.24, 2.45) is 5.92 Å². The first-order valence-electron chi connectivity index (χ1n) is 11.9. The van der Waals surface area contributed by atoms with Crippen LogP contribution in [0.5, 0.6) is 11.5 Å². The summed E-state index contributed by atoms with van der Waals surface area (Å²) < 4.78 is 11.5. The Morgan fingerprint density at radius 1 is 0.912 bits per heavy atom. The van der Waals surface area contributed by atoms with Crippen LogP contribution >= 0.6 is 0 Å². The Bertz CT molecular complexity index is 1210. The number of carbonyl (C=O) groups is 1. The van der Waals surface area contributed by atoms with Crippen molar-refractivity contribution in [2.45, 2.75) is 31.7 Å². The zero-order valence-electron chi connectivity index (χ0n) is 19.6. The third-order valence-corrected chi connectivity index (χ3v) is 6.57. The highest BCUT2D eigenvalue weighted by Gasteiger charge is 2.40. The molecule has 5 nitrogen and oxygen atoms in total. The van der Waals surface area contributed by atoms with Crippen LogP contribution < -0.4 is 20.1 Å². The summed E-state index contributed by atoms with van der Waals surface area (Å²) in [6.07, 6.45) is 3.63. The maximum absolute atomic E-state index is 13.7. The van der Waals surface area contributed by atoms with Crippen LogP contribution in [-0.2, 0) is 4.79 Å². The molecule has 0 saturated carbocycles. The van der Waals surface area contributed by atoms with Crippen LogP contribution in [0.2, 0.25) is 0 Å². The number of carbonyl (C=O) groups excluding carboxylic acids is 1. The first-order chi connectivity index (χ1) is 16.7. The van der Waals surface area contributed by atoms with Gasteiger partial charge in [-0.15, -0.1) is 0 Å². The minimum absolute atomic E-state index is 0.0534. The predicted octanol–water partition coefficient (Wildman–Crippen LogP) is 6.32. The Hall–Kier alpha value is -3.73. The van der Waals surface area contributed by atoms with Gasteiger partial charge in [0.15, 0.2) is 11.5 Å². The van der Waals surface area contributed by atoms with Gasteiger partial charge in [-0.3, -0.25) is 4.79 Å². The minimum Gasteiger partial charge on any atom is -0.493 e. The van der Waals surface area contributed by atoms with E-state index in [0.29, 0.717) is 18.8 Å². The molecular weight excluding hydrogens is 424 g/mol. The normalized spacial score (nSPS) is 21.2. The lowest BCUT2D eigenvalue weighted by molar-refractivity contribution is -0.122. The summed E-state index contributed by atoms with van der Waals surface area (Å²) in [6.45, 7) is 2.70. The Kier molecular flexibility index (Phi) is 6.26. The fraction of sp³-hybridized carbons (Fsp3) is 0.276. The molecule has 174 valence electrons. The lowest BCUT2D eigenvalue weighted by atomic mass is 9.76. The molecule has 0 unspecified atom stereocenters. The van der Waals surface area contributed by atoms with E-state index in [4.69, 9.17) is 9.47 Å². The third-order valence-electron chi connectivity index (χ3n) is 6.57. The Morgan fingerprint density at radius 3 is 2.44 bits per heavy atom. The van der Waals surface area contributed by atoms with Crippen LogP contribution in [0.15, 0.2) is 84.6 Å². The van der Waals surface area contributed by atoms with E-state index in [9.17, 15) is 4.79 Å². The molecule has 0 radical (unpaired) electrons. The highest BCUT2D eigenvalue weighted by molar-refractivity contribution is 5.90. The molecule has 1 aliphatic heterocycles. The average Bonchev–Trinajstić information content (AvgIpc) is 3.05. The number of hydrogen-bond donors (Lipinski definition) is 2. The van der Waals surface area contributed by atoms with Crippen molar-refractivity contribution in [1.82, 2.24) is 0 Å². The van der Waals surface area contributed by atoms with Crippen LogP contribution in [0.1, 0.15) is 42.9 Å². The van der Waals surface area contributed by atoms with Gasteiger partial charge < -0.3 is 20.1 Å². The molecule has 0 amide bonds. The van der Waals surface area contributed by atoms with Gasteiger partial charge in [0.25, 0.3) is 0 Å². The summed E-state index contributed by atoms with van der Waals surface area (Å²) in [5, 5.41) is 7.23.